The molecule has 2 N–H and O–H groups in total. The lowest BCUT2D eigenvalue weighted by atomic mass is 9.96. The molecule has 1 aromatic carbocycles. The van der Waals surface area contributed by atoms with Gasteiger partial charge in [-0.15, -0.1) is 11.3 Å². The molecule has 0 aliphatic rings. The smallest absolute Gasteiger partial charge is 0.291 e. The zero-order valence-electron chi connectivity index (χ0n) is 19.8. The number of nitrogens with one attached hydrogen (secondary N) is 2. The minimum absolute atomic E-state index is 0.255. The van der Waals surface area contributed by atoms with Crippen LogP contribution in [0.2, 0.25) is 0 Å². The number of rotatable bonds is 8. The van der Waals surface area contributed by atoms with Crippen molar-refractivity contribution in [1.82, 2.24) is 4.98 Å². The van der Waals surface area contributed by atoms with Crippen molar-refractivity contribution < 1.29 is 18.7 Å². The van der Waals surface area contributed by atoms with Gasteiger partial charge in [-0.25, -0.2) is 4.98 Å². The zero-order valence-corrected chi connectivity index (χ0v) is 20.6. The lowest BCUT2D eigenvalue weighted by Crippen LogP contribution is -2.18. The molecular formula is C26H27N3O4S. The van der Waals surface area contributed by atoms with Gasteiger partial charge in [-0.05, 0) is 73.9 Å². The highest BCUT2D eigenvalue weighted by Crippen LogP contribution is 2.42. The van der Waals surface area contributed by atoms with E-state index in [2.05, 4.69) is 22.5 Å². The van der Waals surface area contributed by atoms with E-state index >= 15 is 0 Å². The molecule has 8 heteroatoms. The molecule has 1 atom stereocenters. The van der Waals surface area contributed by atoms with Crippen LogP contribution in [0, 0.1) is 20.8 Å². The number of thiophene rings is 1. The van der Waals surface area contributed by atoms with E-state index in [1.807, 2.05) is 44.2 Å². The molecule has 0 saturated carbocycles. The highest BCUT2D eigenvalue weighted by atomic mass is 32.1. The monoisotopic (exact) mass is 477 g/mol. The minimum atomic E-state index is -0.314. The molecule has 34 heavy (non-hydrogen) atoms. The number of benzene rings is 1. The van der Waals surface area contributed by atoms with E-state index in [0.29, 0.717) is 11.5 Å². The molecule has 4 aromatic rings. The molecule has 0 spiro atoms. The summed E-state index contributed by atoms with van der Waals surface area (Å²) in [5.74, 6) is 1.95. The van der Waals surface area contributed by atoms with Gasteiger partial charge in [0.2, 0.25) is 0 Å². The zero-order chi connectivity index (χ0) is 24.2. The van der Waals surface area contributed by atoms with Crippen molar-refractivity contribution in [3.8, 4) is 11.5 Å². The molecule has 0 bridgehead atoms. The number of carbonyl (C=O) groups is 1. The summed E-state index contributed by atoms with van der Waals surface area (Å²) in [4.78, 5) is 18.4. The fourth-order valence-corrected chi connectivity index (χ4v) is 4.87. The van der Waals surface area contributed by atoms with Gasteiger partial charge in [-0.2, -0.15) is 0 Å². The van der Waals surface area contributed by atoms with Crippen LogP contribution in [0.25, 0.3) is 0 Å². The van der Waals surface area contributed by atoms with E-state index < -0.39 is 0 Å². The van der Waals surface area contributed by atoms with E-state index in [-0.39, 0.29) is 17.7 Å². The van der Waals surface area contributed by atoms with Gasteiger partial charge in [0.05, 0.1) is 26.5 Å². The lowest BCUT2D eigenvalue weighted by Gasteiger charge is -2.23. The predicted molar refractivity (Wildman–Crippen MR) is 134 cm³/mol. The third kappa shape index (κ3) is 4.77. The summed E-state index contributed by atoms with van der Waals surface area (Å²) in [6.07, 6.45) is 3.26. The summed E-state index contributed by atoms with van der Waals surface area (Å²) in [7, 11) is 3.22. The Hall–Kier alpha value is -3.78. The molecule has 3 heterocycles. The van der Waals surface area contributed by atoms with Crippen LogP contribution in [0.4, 0.5) is 10.8 Å². The molecule has 0 fully saturated rings. The van der Waals surface area contributed by atoms with Gasteiger partial charge in [-0.3, -0.25) is 4.79 Å². The van der Waals surface area contributed by atoms with Crippen molar-refractivity contribution in [2.24, 2.45) is 0 Å². The fraction of sp³-hybridized carbons (Fsp3) is 0.231. The Morgan fingerprint density at radius 1 is 1.06 bits per heavy atom. The summed E-state index contributed by atoms with van der Waals surface area (Å²) in [6.45, 7) is 6.12. The van der Waals surface area contributed by atoms with Crippen LogP contribution in [0.3, 0.4) is 0 Å². The number of methoxy groups -OCH3 is 2. The van der Waals surface area contributed by atoms with Crippen molar-refractivity contribution in [3.63, 3.8) is 0 Å². The highest BCUT2D eigenvalue weighted by molar-refractivity contribution is 7.16. The second-order valence-corrected chi connectivity index (χ2v) is 9.09. The Balaban J connectivity index is 1.83. The number of ether oxygens (including phenoxy) is 2. The Bertz CT molecular complexity index is 1300. The Labute approximate surface area is 202 Å². The molecule has 1 amide bonds. The SMILES string of the molecule is COc1ccc([C@H](Nc2cc(C)ccn2)c2c(NC(=O)c3ccco3)sc(C)c2C)cc1OC. The molecule has 0 radical (unpaired) electrons. The third-order valence-electron chi connectivity index (χ3n) is 5.64. The molecule has 3 aromatic heterocycles. The second-order valence-electron chi connectivity index (χ2n) is 7.87. The first-order valence-corrected chi connectivity index (χ1v) is 11.6. The van der Waals surface area contributed by atoms with Crippen molar-refractivity contribution in [1.29, 1.82) is 0 Å². The maximum Gasteiger partial charge on any atom is 0.291 e. The number of nitrogens with zero attached hydrogens (tertiary/aromatic N) is 1. The van der Waals surface area contributed by atoms with Crippen LogP contribution in [-0.4, -0.2) is 25.1 Å². The first kappa shape index (κ1) is 23.4. The van der Waals surface area contributed by atoms with Gasteiger partial charge in [0, 0.05) is 16.6 Å². The predicted octanol–water partition coefficient (Wildman–Crippen LogP) is 6.13. The first-order chi connectivity index (χ1) is 16.4. The maximum absolute atomic E-state index is 12.8. The van der Waals surface area contributed by atoms with Crippen LogP contribution < -0.4 is 20.1 Å². The number of hydrogen-bond donors (Lipinski definition) is 2. The summed E-state index contributed by atoms with van der Waals surface area (Å²) in [5, 5.41) is 7.36. The van der Waals surface area contributed by atoms with Gasteiger partial charge >= 0.3 is 0 Å². The molecule has 7 nitrogen and oxygen atoms in total. The largest absolute Gasteiger partial charge is 0.493 e. The first-order valence-electron chi connectivity index (χ1n) is 10.8. The number of anilines is 2. The lowest BCUT2D eigenvalue weighted by molar-refractivity contribution is 0.0997. The van der Waals surface area contributed by atoms with Crippen LogP contribution in [0.15, 0.2) is 59.3 Å². The van der Waals surface area contributed by atoms with Crippen molar-refractivity contribution in [2.45, 2.75) is 26.8 Å². The van der Waals surface area contributed by atoms with E-state index in [1.54, 1.807) is 32.5 Å². The Morgan fingerprint density at radius 2 is 1.85 bits per heavy atom. The van der Waals surface area contributed by atoms with E-state index in [1.165, 1.54) is 17.6 Å². The van der Waals surface area contributed by atoms with Crippen LogP contribution in [0.1, 0.15) is 43.7 Å². The van der Waals surface area contributed by atoms with Gasteiger partial charge in [0.15, 0.2) is 17.3 Å². The molecule has 0 aliphatic heterocycles. The van der Waals surface area contributed by atoms with Crippen molar-refractivity contribution in [3.05, 3.63) is 87.8 Å². The average molecular weight is 478 g/mol. The second kappa shape index (κ2) is 10.0. The fourth-order valence-electron chi connectivity index (χ4n) is 3.78. The minimum Gasteiger partial charge on any atom is -0.493 e. The van der Waals surface area contributed by atoms with E-state index in [9.17, 15) is 4.79 Å². The van der Waals surface area contributed by atoms with Gasteiger partial charge < -0.3 is 24.5 Å². The summed E-state index contributed by atoms with van der Waals surface area (Å²) in [5.41, 5.74) is 4.07. The number of carbonyl (C=O) groups excluding carboxylic acids is 1. The Morgan fingerprint density at radius 3 is 2.53 bits per heavy atom. The molecule has 0 aliphatic carbocycles. The highest BCUT2D eigenvalue weighted by Gasteiger charge is 2.26. The van der Waals surface area contributed by atoms with Crippen molar-refractivity contribution >= 4 is 28.1 Å². The molecule has 4 rings (SSSR count). The van der Waals surface area contributed by atoms with Crippen molar-refractivity contribution in [2.75, 3.05) is 24.9 Å². The van der Waals surface area contributed by atoms with Gasteiger partial charge in [-0.1, -0.05) is 6.07 Å². The van der Waals surface area contributed by atoms with Gasteiger partial charge in [0.1, 0.15) is 10.8 Å². The number of amides is 1. The molecule has 0 saturated heterocycles. The van der Waals surface area contributed by atoms with Gasteiger partial charge in [0.25, 0.3) is 5.91 Å². The number of aromatic nitrogens is 1. The molecule has 0 unspecified atom stereocenters. The number of pyridine rings is 1. The Kier molecular flexibility index (Phi) is 6.88. The normalized spacial score (nSPS) is 11.7. The average Bonchev–Trinajstić information content (AvgIpc) is 3.46. The van der Waals surface area contributed by atoms with E-state index in [4.69, 9.17) is 13.9 Å². The third-order valence-corrected chi connectivity index (χ3v) is 6.78. The summed E-state index contributed by atoms with van der Waals surface area (Å²) in [6, 6.07) is 12.8. The van der Waals surface area contributed by atoms with Crippen LogP contribution in [-0.2, 0) is 0 Å². The number of aryl methyl sites for hydroxylation is 2. The molecular weight excluding hydrogens is 450 g/mol. The van der Waals surface area contributed by atoms with Crippen LogP contribution in [0.5, 0.6) is 11.5 Å². The molecule has 176 valence electrons. The summed E-state index contributed by atoms with van der Waals surface area (Å²) < 4.78 is 16.3. The number of hydrogen-bond acceptors (Lipinski definition) is 7. The summed E-state index contributed by atoms with van der Waals surface area (Å²) >= 11 is 1.53. The van der Waals surface area contributed by atoms with Crippen LogP contribution >= 0.6 is 11.3 Å². The van der Waals surface area contributed by atoms with E-state index in [0.717, 1.165) is 37.9 Å². The quantitative estimate of drug-likeness (QED) is 0.317. The maximum atomic E-state index is 12.8. The number of furan rings is 1. The standard InChI is InChI=1S/C26H27N3O4S/c1-15-10-11-27-22(13-15)28-24(18-8-9-19(31-4)21(14-18)32-5)23-16(2)17(3)34-26(23)29-25(30)20-7-6-12-33-20/h6-14,24H,1-5H3,(H,27,28)(H,29,30)/t24-/m0/s1. The topological polar surface area (TPSA) is 85.6 Å².